The van der Waals surface area contributed by atoms with Gasteiger partial charge in [0, 0.05) is 39.6 Å². The summed E-state index contributed by atoms with van der Waals surface area (Å²) in [6.45, 7) is 13.5. The van der Waals surface area contributed by atoms with E-state index in [-0.39, 0.29) is 12.1 Å². The van der Waals surface area contributed by atoms with Gasteiger partial charge in [0.1, 0.15) is 6.10 Å². The lowest BCUT2D eigenvalue weighted by atomic mass is 10.0. The number of aryl methyl sites for hydroxylation is 2. The van der Waals surface area contributed by atoms with E-state index in [1.54, 1.807) is 0 Å². The fourth-order valence-corrected chi connectivity index (χ4v) is 4.37. The number of hydrogen-bond donors (Lipinski definition) is 0. The van der Waals surface area contributed by atoms with Crippen molar-refractivity contribution < 1.29 is 9.53 Å². The number of ether oxygens (including phenoxy) is 1. The summed E-state index contributed by atoms with van der Waals surface area (Å²) in [6.07, 6.45) is 1.81. The van der Waals surface area contributed by atoms with E-state index in [9.17, 15) is 4.79 Å². The second kappa shape index (κ2) is 14.0. The highest BCUT2D eigenvalue weighted by atomic mass is 16.5. The Labute approximate surface area is 217 Å². The Balaban J connectivity index is 0.000000223. The van der Waals surface area contributed by atoms with Gasteiger partial charge < -0.3 is 9.64 Å². The maximum absolute atomic E-state index is 10.8. The van der Waals surface area contributed by atoms with Crippen molar-refractivity contribution in [1.82, 2.24) is 9.80 Å². The first-order valence-corrected chi connectivity index (χ1v) is 13.2. The smallest absolute Gasteiger partial charge is 0.303 e. The van der Waals surface area contributed by atoms with E-state index in [0.717, 1.165) is 24.9 Å². The highest BCUT2D eigenvalue weighted by Crippen LogP contribution is 2.22. The second-order valence-corrected chi connectivity index (χ2v) is 9.74. The Kier molecular flexibility index (Phi) is 10.7. The van der Waals surface area contributed by atoms with Gasteiger partial charge in [-0.2, -0.15) is 0 Å². The molecule has 0 amide bonds. The average molecular weight is 487 g/mol. The summed E-state index contributed by atoms with van der Waals surface area (Å²) < 4.78 is 5.19. The van der Waals surface area contributed by atoms with Crippen molar-refractivity contribution >= 4 is 5.97 Å². The number of carbonyl (C=O) groups is 1. The van der Waals surface area contributed by atoms with Crippen LogP contribution in [0.25, 0.3) is 11.1 Å². The SMILES string of the molecule is CCC(OC(C)=O)c1ccc(C)cc1.CCc1ccc(-c2ccc(CN3CCN(C)CC3)cc2)cc1. The summed E-state index contributed by atoms with van der Waals surface area (Å²) in [5.74, 6) is -0.225. The number of rotatable bonds is 7. The molecule has 4 heteroatoms. The number of nitrogens with zero attached hydrogens (tertiary/aromatic N) is 2. The lowest BCUT2D eigenvalue weighted by Crippen LogP contribution is -2.43. The standard InChI is InChI=1S/C20H26N2.C12H16O2/c1-3-17-4-8-19(9-5-17)20-10-6-18(7-11-20)16-22-14-12-21(2)13-15-22;1-4-12(14-10(3)13)11-7-5-9(2)6-8-11/h4-11H,3,12-16H2,1-2H3;5-8,12H,4H2,1-3H3. The van der Waals surface area contributed by atoms with Crippen molar-refractivity contribution in [2.75, 3.05) is 33.2 Å². The van der Waals surface area contributed by atoms with Gasteiger partial charge in [-0.05, 0) is 54.6 Å². The molecule has 0 bridgehead atoms. The zero-order valence-electron chi connectivity index (χ0n) is 22.7. The largest absolute Gasteiger partial charge is 0.458 e. The van der Waals surface area contributed by atoms with Gasteiger partial charge in [0.25, 0.3) is 0 Å². The monoisotopic (exact) mass is 486 g/mol. The van der Waals surface area contributed by atoms with Crippen LogP contribution in [0, 0.1) is 6.92 Å². The molecule has 1 heterocycles. The minimum atomic E-state index is -0.225. The van der Waals surface area contributed by atoms with Gasteiger partial charge in [0.15, 0.2) is 0 Å². The molecule has 4 rings (SSSR count). The molecule has 0 N–H and O–H groups in total. The molecule has 1 unspecified atom stereocenters. The van der Waals surface area contributed by atoms with Crippen LogP contribution in [0.1, 0.15) is 55.5 Å². The molecule has 0 aliphatic carbocycles. The number of piperazine rings is 1. The van der Waals surface area contributed by atoms with Crippen LogP contribution in [-0.2, 0) is 22.5 Å². The number of benzene rings is 3. The Bertz CT molecular complexity index is 1050. The third kappa shape index (κ3) is 8.61. The van der Waals surface area contributed by atoms with Gasteiger partial charge in [-0.3, -0.25) is 9.69 Å². The van der Waals surface area contributed by atoms with Crippen molar-refractivity contribution in [1.29, 1.82) is 0 Å². The highest BCUT2D eigenvalue weighted by molar-refractivity contribution is 5.66. The van der Waals surface area contributed by atoms with Crippen molar-refractivity contribution in [2.24, 2.45) is 0 Å². The Morgan fingerprint density at radius 1 is 0.806 bits per heavy atom. The number of hydrogen-bond acceptors (Lipinski definition) is 4. The second-order valence-electron chi connectivity index (χ2n) is 9.74. The topological polar surface area (TPSA) is 32.8 Å². The van der Waals surface area contributed by atoms with Gasteiger partial charge in [0.2, 0.25) is 0 Å². The van der Waals surface area contributed by atoms with Gasteiger partial charge in [-0.1, -0.05) is 92.2 Å². The Morgan fingerprint density at radius 3 is 1.81 bits per heavy atom. The average Bonchev–Trinajstić information content (AvgIpc) is 2.90. The van der Waals surface area contributed by atoms with Gasteiger partial charge in [0.05, 0.1) is 0 Å². The minimum absolute atomic E-state index is 0.104. The molecule has 3 aromatic rings. The minimum Gasteiger partial charge on any atom is -0.458 e. The molecule has 0 saturated carbocycles. The van der Waals surface area contributed by atoms with Crippen LogP contribution in [0.2, 0.25) is 0 Å². The number of esters is 1. The van der Waals surface area contributed by atoms with E-state index in [4.69, 9.17) is 4.74 Å². The fraction of sp³-hybridized carbons (Fsp3) is 0.406. The third-order valence-corrected chi connectivity index (χ3v) is 6.78. The lowest BCUT2D eigenvalue weighted by Gasteiger charge is -2.32. The first-order chi connectivity index (χ1) is 17.4. The molecule has 0 radical (unpaired) electrons. The molecule has 192 valence electrons. The van der Waals surface area contributed by atoms with Crippen LogP contribution in [0.5, 0.6) is 0 Å². The zero-order chi connectivity index (χ0) is 25.9. The molecule has 3 aromatic carbocycles. The van der Waals surface area contributed by atoms with Crippen LogP contribution in [-0.4, -0.2) is 49.0 Å². The normalized spacial score (nSPS) is 15.0. The summed E-state index contributed by atoms with van der Waals surface area (Å²) >= 11 is 0. The summed E-state index contributed by atoms with van der Waals surface area (Å²) in [4.78, 5) is 15.8. The predicted octanol–water partition coefficient (Wildman–Crippen LogP) is 6.67. The zero-order valence-corrected chi connectivity index (χ0v) is 22.7. The van der Waals surface area contributed by atoms with Crippen molar-refractivity contribution in [3.8, 4) is 11.1 Å². The van der Waals surface area contributed by atoms with Crippen LogP contribution in [0.4, 0.5) is 0 Å². The Hall–Kier alpha value is -2.95. The molecule has 1 atom stereocenters. The summed E-state index contributed by atoms with van der Waals surface area (Å²) in [6, 6.07) is 26.1. The van der Waals surface area contributed by atoms with Gasteiger partial charge >= 0.3 is 5.97 Å². The van der Waals surface area contributed by atoms with Crippen LogP contribution >= 0.6 is 0 Å². The predicted molar refractivity (Wildman–Crippen MR) is 150 cm³/mol. The van der Waals surface area contributed by atoms with Crippen molar-refractivity contribution in [3.63, 3.8) is 0 Å². The number of carbonyl (C=O) groups excluding carboxylic acids is 1. The summed E-state index contributed by atoms with van der Waals surface area (Å²) in [7, 11) is 2.20. The van der Waals surface area contributed by atoms with Crippen LogP contribution in [0.15, 0.2) is 72.8 Å². The molecule has 1 aliphatic rings. The van der Waals surface area contributed by atoms with E-state index < -0.39 is 0 Å². The molecule has 1 saturated heterocycles. The van der Waals surface area contributed by atoms with Crippen molar-refractivity contribution in [3.05, 3.63) is 95.1 Å². The molecule has 1 aliphatic heterocycles. The maximum atomic E-state index is 10.8. The summed E-state index contributed by atoms with van der Waals surface area (Å²) in [5.41, 5.74) is 7.71. The molecule has 36 heavy (non-hydrogen) atoms. The van der Waals surface area contributed by atoms with Crippen molar-refractivity contribution in [2.45, 2.75) is 53.2 Å². The maximum Gasteiger partial charge on any atom is 0.303 e. The lowest BCUT2D eigenvalue weighted by molar-refractivity contribution is -0.146. The quantitative estimate of drug-likeness (QED) is 0.349. The van der Waals surface area contributed by atoms with Crippen LogP contribution < -0.4 is 0 Å². The molecule has 0 aromatic heterocycles. The fourth-order valence-electron chi connectivity index (χ4n) is 4.37. The first-order valence-electron chi connectivity index (χ1n) is 13.2. The van der Waals surface area contributed by atoms with Gasteiger partial charge in [-0.15, -0.1) is 0 Å². The number of likely N-dealkylation sites (N-methyl/N-ethyl adjacent to an activating group) is 1. The van der Waals surface area contributed by atoms with E-state index >= 15 is 0 Å². The van der Waals surface area contributed by atoms with Crippen LogP contribution in [0.3, 0.4) is 0 Å². The molecular formula is C32H42N2O2. The van der Waals surface area contributed by atoms with E-state index in [1.807, 2.05) is 38.1 Å². The van der Waals surface area contributed by atoms with E-state index in [1.165, 1.54) is 60.9 Å². The Morgan fingerprint density at radius 2 is 1.33 bits per heavy atom. The molecular weight excluding hydrogens is 444 g/mol. The molecule has 4 nitrogen and oxygen atoms in total. The van der Waals surface area contributed by atoms with E-state index in [2.05, 4.69) is 72.3 Å². The molecule has 1 fully saturated rings. The van der Waals surface area contributed by atoms with Gasteiger partial charge in [-0.25, -0.2) is 0 Å². The highest BCUT2D eigenvalue weighted by Gasteiger charge is 2.14. The first kappa shape index (κ1) is 27.6. The van der Waals surface area contributed by atoms with E-state index in [0.29, 0.717) is 0 Å². The third-order valence-electron chi connectivity index (χ3n) is 6.78. The summed E-state index contributed by atoms with van der Waals surface area (Å²) in [5, 5.41) is 0. The molecule has 0 spiro atoms.